The van der Waals surface area contributed by atoms with Crippen LogP contribution in [0, 0.1) is 11.8 Å². The molecule has 1 saturated heterocycles. The first-order valence-electron chi connectivity index (χ1n) is 10.8. The summed E-state index contributed by atoms with van der Waals surface area (Å²) in [5.74, 6) is 3.37. The highest BCUT2D eigenvalue weighted by molar-refractivity contribution is 5.78. The Hall–Kier alpha value is -2.04. The van der Waals surface area contributed by atoms with Crippen molar-refractivity contribution in [3.63, 3.8) is 0 Å². The van der Waals surface area contributed by atoms with Gasteiger partial charge in [-0.1, -0.05) is 25.0 Å². The lowest BCUT2D eigenvalue weighted by Gasteiger charge is -2.43. The highest BCUT2D eigenvalue weighted by atomic mass is 19.1. The fourth-order valence-electron chi connectivity index (χ4n) is 5.66. The van der Waals surface area contributed by atoms with Crippen molar-refractivity contribution in [3.8, 4) is 5.75 Å². The summed E-state index contributed by atoms with van der Waals surface area (Å²) < 4.78 is 24.9. The van der Waals surface area contributed by atoms with Gasteiger partial charge in [-0.05, 0) is 67.2 Å². The number of fused-ring (bicyclic) bond motifs is 3. The molecule has 1 aromatic carbocycles. The molecule has 2 aliphatic carbocycles. The Morgan fingerprint density at radius 1 is 1.07 bits per heavy atom. The number of aliphatic imine (C=N–C) groups is 1. The van der Waals surface area contributed by atoms with Gasteiger partial charge in [-0.3, -0.25) is 0 Å². The second kappa shape index (κ2) is 7.76. The molecule has 4 aliphatic rings. The van der Waals surface area contributed by atoms with Crippen molar-refractivity contribution in [1.82, 2.24) is 4.90 Å². The molecule has 2 bridgehead atoms. The maximum Gasteiger partial charge on any atom is 0.293 e. The first-order valence-corrected chi connectivity index (χ1v) is 10.8. The molecule has 3 fully saturated rings. The SMILES string of the molecule is FCC1C=CN=C2OC(COc3ccc(C4C5CCCC4CCC5)cc3)CN21. The fraction of sp³-hybridized carbons (Fsp3) is 0.609. The zero-order valence-electron chi connectivity index (χ0n) is 16.3. The van der Waals surface area contributed by atoms with E-state index < -0.39 is 6.67 Å². The number of nitrogens with zero attached hydrogens (tertiary/aromatic N) is 2. The third-order valence-corrected chi connectivity index (χ3v) is 6.99. The molecule has 2 aliphatic heterocycles. The van der Waals surface area contributed by atoms with Gasteiger partial charge in [0.1, 0.15) is 19.0 Å². The van der Waals surface area contributed by atoms with Crippen LogP contribution >= 0.6 is 0 Å². The second-order valence-corrected chi connectivity index (χ2v) is 8.65. The van der Waals surface area contributed by atoms with Gasteiger partial charge in [0, 0.05) is 6.20 Å². The van der Waals surface area contributed by atoms with Crippen molar-refractivity contribution in [1.29, 1.82) is 0 Å². The fourth-order valence-corrected chi connectivity index (χ4v) is 5.66. The van der Waals surface area contributed by atoms with Gasteiger partial charge in [0.15, 0.2) is 6.10 Å². The van der Waals surface area contributed by atoms with Crippen LogP contribution in [0.4, 0.5) is 4.39 Å². The Morgan fingerprint density at radius 3 is 2.46 bits per heavy atom. The van der Waals surface area contributed by atoms with Gasteiger partial charge in [-0.2, -0.15) is 0 Å². The molecular weight excluding hydrogens is 355 g/mol. The van der Waals surface area contributed by atoms with Crippen LogP contribution in [0.5, 0.6) is 5.75 Å². The molecule has 2 atom stereocenters. The van der Waals surface area contributed by atoms with Gasteiger partial charge in [0.25, 0.3) is 6.02 Å². The van der Waals surface area contributed by atoms with E-state index >= 15 is 0 Å². The molecule has 2 unspecified atom stereocenters. The number of benzene rings is 1. The van der Waals surface area contributed by atoms with Gasteiger partial charge < -0.3 is 14.4 Å². The number of alkyl halides is 1. The lowest BCUT2D eigenvalue weighted by atomic mass is 9.62. The molecule has 5 heteroatoms. The standard InChI is InChI=1S/C23H29FN2O2/c24-13-19-11-12-25-23-26(19)14-21(28-23)15-27-20-9-7-18(8-10-20)22-16-3-1-4-17(22)6-2-5-16/h7-12,16-17,19,21-22H,1-6,13-15H2. The smallest absolute Gasteiger partial charge is 0.293 e. The van der Waals surface area contributed by atoms with Crippen molar-refractivity contribution in [2.75, 3.05) is 19.8 Å². The van der Waals surface area contributed by atoms with Crippen LogP contribution in [0.1, 0.15) is 50.0 Å². The minimum Gasteiger partial charge on any atom is -0.490 e. The maximum absolute atomic E-state index is 13.1. The summed E-state index contributed by atoms with van der Waals surface area (Å²) in [6, 6.07) is 8.98. The van der Waals surface area contributed by atoms with Crippen LogP contribution in [0.3, 0.4) is 0 Å². The summed E-state index contributed by atoms with van der Waals surface area (Å²) in [5, 5.41) is 0. The monoisotopic (exact) mass is 384 g/mol. The summed E-state index contributed by atoms with van der Waals surface area (Å²) in [4.78, 5) is 6.08. The van der Waals surface area contributed by atoms with Gasteiger partial charge in [-0.25, -0.2) is 9.38 Å². The van der Waals surface area contributed by atoms with Crippen LogP contribution < -0.4 is 4.74 Å². The van der Waals surface area contributed by atoms with Gasteiger partial charge in [0.2, 0.25) is 0 Å². The van der Waals surface area contributed by atoms with E-state index in [9.17, 15) is 4.39 Å². The highest BCUT2D eigenvalue weighted by Crippen LogP contribution is 2.49. The summed E-state index contributed by atoms with van der Waals surface area (Å²) in [7, 11) is 0. The third-order valence-electron chi connectivity index (χ3n) is 6.99. The molecule has 5 rings (SSSR count). The molecule has 4 nitrogen and oxygen atoms in total. The topological polar surface area (TPSA) is 34.1 Å². The average molecular weight is 384 g/mol. The second-order valence-electron chi connectivity index (χ2n) is 8.65. The van der Waals surface area contributed by atoms with Crippen molar-refractivity contribution >= 4 is 6.02 Å². The van der Waals surface area contributed by atoms with Crippen LogP contribution in [-0.2, 0) is 4.74 Å². The van der Waals surface area contributed by atoms with Crippen LogP contribution in [0.15, 0.2) is 41.5 Å². The van der Waals surface area contributed by atoms with Crippen molar-refractivity contribution < 1.29 is 13.9 Å². The Morgan fingerprint density at radius 2 is 1.79 bits per heavy atom. The van der Waals surface area contributed by atoms with Crippen LogP contribution in [-0.4, -0.2) is 42.9 Å². The van der Waals surface area contributed by atoms with E-state index in [1.807, 2.05) is 4.90 Å². The molecule has 1 aromatic rings. The number of hydrogen-bond acceptors (Lipinski definition) is 4. The zero-order chi connectivity index (χ0) is 18.9. The van der Waals surface area contributed by atoms with E-state index in [0.29, 0.717) is 19.2 Å². The Kier molecular flexibility index (Phi) is 5.00. The van der Waals surface area contributed by atoms with Crippen molar-refractivity contribution in [3.05, 3.63) is 42.1 Å². The average Bonchev–Trinajstić information content (AvgIpc) is 3.15. The van der Waals surface area contributed by atoms with Crippen LogP contribution in [0.25, 0.3) is 0 Å². The Bertz CT molecular complexity index is 725. The first kappa shape index (κ1) is 18.0. The summed E-state index contributed by atoms with van der Waals surface area (Å²) in [6.07, 6.45) is 11.7. The van der Waals surface area contributed by atoms with Gasteiger partial charge >= 0.3 is 0 Å². The molecule has 2 saturated carbocycles. The van der Waals surface area contributed by atoms with Crippen molar-refractivity contribution in [2.45, 2.75) is 56.6 Å². The van der Waals surface area contributed by atoms with E-state index in [1.54, 1.807) is 12.3 Å². The molecule has 0 aromatic heterocycles. The summed E-state index contributed by atoms with van der Waals surface area (Å²) in [5.41, 5.74) is 1.49. The molecule has 2 heterocycles. The predicted molar refractivity (Wildman–Crippen MR) is 107 cm³/mol. The lowest BCUT2D eigenvalue weighted by molar-refractivity contribution is 0.144. The summed E-state index contributed by atoms with van der Waals surface area (Å²) >= 11 is 0. The molecule has 0 spiro atoms. The summed E-state index contributed by atoms with van der Waals surface area (Å²) in [6.45, 7) is 0.626. The number of amidine groups is 1. The molecule has 28 heavy (non-hydrogen) atoms. The Labute approximate surface area is 166 Å². The van der Waals surface area contributed by atoms with E-state index in [4.69, 9.17) is 9.47 Å². The lowest BCUT2D eigenvalue weighted by Crippen LogP contribution is -2.39. The number of rotatable bonds is 5. The van der Waals surface area contributed by atoms with Gasteiger partial charge in [0.05, 0.1) is 12.6 Å². The van der Waals surface area contributed by atoms with Crippen LogP contribution in [0.2, 0.25) is 0 Å². The molecule has 0 radical (unpaired) electrons. The first-order chi connectivity index (χ1) is 13.8. The zero-order valence-corrected chi connectivity index (χ0v) is 16.3. The Balaban J connectivity index is 1.19. The van der Waals surface area contributed by atoms with E-state index in [0.717, 1.165) is 23.5 Å². The number of halogens is 1. The minimum absolute atomic E-state index is 0.120. The molecular formula is C23H29FN2O2. The molecule has 0 amide bonds. The van der Waals surface area contributed by atoms with Crippen molar-refractivity contribution in [2.24, 2.45) is 16.8 Å². The largest absolute Gasteiger partial charge is 0.490 e. The highest BCUT2D eigenvalue weighted by Gasteiger charge is 2.37. The van der Waals surface area contributed by atoms with E-state index in [-0.39, 0.29) is 12.1 Å². The normalized spacial score (nSPS) is 33.8. The minimum atomic E-state index is -0.433. The molecule has 0 N–H and O–H groups in total. The predicted octanol–water partition coefficient (Wildman–Crippen LogP) is 4.67. The third kappa shape index (κ3) is 3.40. The number of hydrogen-bond donors (Lipinski definition) is 0. The molecule has 150 valence electrons. The van der Waals surface area contributed by atoms with E-state index in [2.05, 4.69) is 29.3 Å². The number of ether oxygens (including phenoxy) is 2. The van der Waals surface area contributed by atoms with Gasteiger partial charge in [-0.15, -0.1) is 0 Å². The quantitative estimate of drug-likeness (QED) is 0.740. The maximum atomic E-state index is 13.1. The van der Waals surface area contributed by atoms with E-state index in [1.165, 1.54) is 44.1 Å².